The van der Waals surface area contributed by atoms with Gasteiger partial charge in [0.15, 0.2) is 9.84 Å². The van der Waals surface area contributed by atoms with Crippen molar-refractivity contribution >= 4 is 60.5 Å². The van der Waals surface area contributed by atoms with Crippen LogP contribution in [0.3, 0.4) is 0 Å². The minimum absolute atomic E-state index is 0.0346. The van der Waals surface area contributed by atoms with Crippen molar-refractivity contribution in [1.29, 1.82) is 0 Å². The molecule has 0 amide bonds. The van der Waals surface area contributed by atoms with Crippen molar-refractivity contribution in [3.8, 4) is 0 Å². The number of nitrogens with zero attached hydrogens (tertiary/aromatic N) is 1. The summed E-state index contributed by atoms with van der Waals surface area (Å²) in [5, 5.41) is -0.0862. The van der Waals surface area contributed by atoms with Gasteiger partial charge in [0.05, 0.1) is 15.7 Å². The SMILES string of the molecule is [2H]N1CS(=O)(=O)CN(c2c(Cl)cc(Cl)cc2Cl)S1(=O)=O. The number of rotatable bonds is 1. The summed E-state index contributed by atoms with van der Waals surface area (Å²) in [6.07, 6.45) is 0. The maximum absolute atomic E-state index is 12.0. The second-order valence-electron chi connectivity index (χ2n) is 3.68. The molecule has 19 heavy (non-hydrogen) atoms. The predicted molar refractivity (Wildman–Crippen MR) is 74.7 cm³/mol. The van der Waals surface area contributed by atoms with Gasteiger partial charge in [0, 0.05) is 5.02 Å². The Morgan fingerprint density at radius 1 is 1.16 bits per heavy atom. The van der Waals surface area contributed by atoms with Crippen molar-refractivity contribution in [2.75, 3.05) is 16.1 Å². The van der Waals surface area contributed by atoms with Crippen LogP contribution in [0.2, 0.25) is 16.5 Å². The van der Waals surface area contributed by atoms with Crippen LogP contribution in [-0.2, 0) is 20.0 Å². The Morgan fingerprint density at radius 3 is 2.21 bits per heavy atom. The summed E-state index contributed by atoms with van der Waals surface area (Å²) in [5.41, 5.74) is -0.224. The van der Waals surface area contributed by atoms with Gasteiger partial charge < -0.3 is 0 Å². The Hall–Kier alpha value is -0.250. The van der Waals surface area contributed by atoms with Gasteiger partial charge in [-0.2, -0.15) is 13.1 Å². The Bertz CT molecular complexity index is 745. The molecule has 0 unspecified atom stereocenters. The Morgan fingerprint density at radius 2 is 1.68 bits per heavy atom. The third-order valence-corrected chi connectivity index (χ3v) is 5.86. The largest absolute Gasteiger partial charge is 0.303 e. The van der Waals surface area contributed by atoms with Crippen LogP contribution < -0.4 is 9.02 Å². The molecule has 1 aliphatic heterocycles. The van der Waals surface area contributed by atoms with Crippen molar-refractivity contribution in [3.05, 3.63) is 27.2 Å². The number of hydrogen-bond donors (Lipinski definition) is 1. The zero-order chi connectivity index (χ0) is 15.3. The average Bonchev–Trinajstić information content (AvgIpc) is 2.23. The van der Waals surface area contributed by atoms with Gasteiger partial charge in [-0.05, 0) is 12.1 Å². The number of anilines is 1. The van der Waals surface area contributed by atoms with E-state index in [4.69, 9.17) is 36.2 Å². The minimum Gasteiger partial charge on any atom is -0.240 e. The van der Waals surface area contributed by atoms with Gasteiger partial charge in [-0.25, -0.2) is 12.7 Å². The van der Waals surface area contributed by atoms with E-state index in [0.717, 1.165) is 0 Å². The van der Waals surface area contributed by atoms with Crippen molar-refractivity contribution in [1.82, 2.24) is 4.72 Å². The molecule has 0 bridgehead atoms. The Balaban J connectivity index is 2.67. The molecule has 1 saturated heterocycles. The first-order valence-electron chi connectivity index (χ1n) is 5.13. The van der Waals surface area contributed by atoms with Crippen LogP contribution in [-0.4, -0.2) is 28.6 Å². The highest BCUT2D eigenvalue weighted by molar-refractivity contribution is 7.98. The Kier molecular flexibility index (Phi) is 3.57. The molecule has 1 aliphatic rings. The van der Waals surface area contributed by atoms with Gasteiger partial charge in [-0.3, -0.25) is 0 Å². The number of sulfone groups is 1. The van der Waals surface area contributed by atoms with Gasteiger partial charge in [0.1, 0.15) is 13.2 Å². The highest BCUT2D eigenvalue weighted by atomic mass is 35.5. The molecule has 0 spiro atoms. The summed E-state index contributed by atoms with van der Waals surface area (Å²) in [5.74, 6) is -1.76. The van der Waals surface area contributed by atoms with E-state index in [1.165, 1.54) is 12.1 Å². The summed E-state index contributed by atoms with van der Waals surface area (Å²) < 4.78 is 55.1. The molecular weight excluding hydrogens is 359 g/mol. The number of benzene rings is 1. The monoisotopic (exact) mass is 365 g/mol. The van der Waals surface area contributed by atoms with Gasteiger partial charge in [0.2, 0.25) is 0 Å². The summed E-state index contributed by atoms with van der Waals surface area (Å²) in [4.78, 5) is 0. The first kappa shape index (κ1) is 13.7. The summed E-state index contributed by atoms with van der Waals surface area (Å²) in [6, 6.07) is 2.46. The summed E-state index contributed by atoms with van der Waals surface area (Å²) >= 11 is 17.5. The van der Waals surface area contributed by atoms with Crippen molar-refractivity contribution in [2.24, 2.45) is 0 Å². The fourth-order valence-electron chi connectivity index (χ4n) is 1.46. The molecule has 1 heterocycles. The first-order chi connectivity index (χ1) is 9.04. The first-order valence-corrected chi connectivity index (χ1v) is 9.04. The Labute approximate surface area is 126 Å². The van der Waals surface area contributed by atoms with E-state index in [-0.39, 0.29) is 25.5 Å². The lowest BCUT2D eigenvalue weighted by atomic mass is 10.3. The van der Waals surface area contributed by atoms with Crippen LogP contribution in [0.15, 0.2) is 12.1 Å². The van der Waals surface area contributed by atoms with E-state index in [9.17, 15) is 16.8 Å². The van der Waals surface area contributed by atoms with Gasteiger partial charge in [-0.15, -0.1) is 0 Å². The van der Waals surface area contributed by atoms with Crippen LogP contribution in [0, 0.1) is 0 Å². The van der Waals surface area contributed by atoms with Crippen LogP contribution in [0.25, 0.3) is 0 Å². The molecule has 106 valence electrons. The lowest BCUT2D eigenvalue weighted by molar-refractivity contribution is 0.564. The van der Waals surface area contributed by atoms with Gasteiger partial charge in [-0.1, -0.05) is 34.8 Å². The molecule has 0 saturated carbocycles. The van der Waals surface area contributed by atoms with Crippen molar-refractivity contribution in [2.45, 2.75) is 0 Å². The summed E-state index contributed by atoms with van der Waals surface area (Å²) in [6.45, 7) is 0. The molecule has 11 heteroatoms. The molecule has 1 N–H and O–H groups in total. The topological polar surface area (TPSA) is 83.6 Å². The number of hydrogen-bond acceptors (Lipinski definition) is 4. The molecule has 6 nitrogen and oxygen atoms in total. The zero-order valence-corrected chi connectivity index (χ0v) is 12.9. The second-order valence-corrected chi connectivity index (χ2v) is 8.52. The molecule has 1 fully saturated rings. The van der Waals surface area contributed by atoms with Crippen LogP contribution in [0.1, 0.15) is 0 Å². The smallest absolute Gasteiger partial charge is 0.240 e. The van der Waals surface area contributed by atoms with E-state index in [1.54, 1.807) is 0 Å². The highest BCUT2D eigenvalue weighted by Gasteiger charge is 2.36. The fourth-order valence-corrected chi connectivity index (χ4v) is 5.90. The van der Waals surface area contributed by atoms with E-state index in [0.29, 0.717) is 4.31 Å². The molecule has 0 aromatic heterocycles. The van der Waals surface area contributed by atoms with E-state index in [1.807, 2.05) is 0 Å². The van der Waals surface area contributed by atoms with Gasteiger partial charge in [0.25, 0.3) is 0 Å². The zero-order valence-electron chi connectivity index (χ0n) is 10.0. The van der Waals surface area contributed by atoms with Crippen LogP contribution in [0.4, 0.5) is 5.69 Å². The van der Waals surface area contributed by atoms with E-state index >= 15 is 0 Å². The quantitative estimate of drug-likeness (QED) is 0.819. The minimum atomic E-state index is -4.34. The number of nitrogens with one attached hydrogen (secondary N) is 1. The lowest BCUT2D eigenvalue weighted by Gasteiger charge is -2.29. The lowest BCUT2D eigenvalue weighted by Crippen LogP contribution is -2.51. The van der Waals surface area contributed by atoms with E-state index < -0.39 is 31.8 Å². The third kappa shape index (κ3) is 3.09. The normalized spacial score (nSPS) is 23.1. The fraction of sp³-hybridized carbons (Fsp3) is 0.250. The molecule has 0 radical (unpaired) electrons. The standard InChI is InChI=1S/C8H7Cl3N2O4S2/c9-5-1-6(10)8(7(11)2-5)13-4-18(14,15)3-12-19(13,16)17/h1-2,12H,3-4H2/i/hD. The van der Waals surface area contributed by atoms with Crippen molar-refractivity contribution < 1.29 is 18.2 Å². The molecule has 1 aromatic rings. The highest BCUT2D eigenvalue weighted by Crippen LogP contribution is 2.38. The van der Waals surface area contributed by atoms with Crippen LogP contribution in [0.5, 0.6) is 0 Å². The third-order valence-electron chi connectivity index (χ3n) is 2.24. The van der Waals surface area contributed by atoms with Crippen LogP contribution >= 0.6 is 34.8 Å². The van der Waals surface area contributed by atoms with E-state index in [2.05, 4.69) is 0 Å². The average molecular weight is 367 g/mol. The second kappa shape index (κ2) is 4.94. The number of halogens is 3. The molecule has 0 atom stereocenters. The molecule has 0 aliphatic carbocycles. The molecule has 1 aromatic carbocycles. The molecule has 2 rings (SSSR count). The predicted octanol–water partition coefficient (Wildman–Crippen LogP) is 1.63. The maximum Gasteiger partial charge on any atom is 0.303 e. The maximum atomic E-state index is 12.0. The molecular formula is C8H7Cl3N2O4S2. The van der Waals surface area contributed by atoms with Crippen molar-refractivity contribution in [3.63, 3.8) is 0 Å². The summed E-state index contributed by atoms with van der Waals surface area (Å²) in [7, 11) is -8.15. The van der Waals surface area contributed by atoms with Gasteiger partial charge >= 0.3 is 10.2 Å².